The highest BCUT2D eigenvalue weighted by Crippen LogP contribution is 2.55. The fourth-order valence-corrected chi connectivity index (χ4v) is 6.43. The summed E-state index contributed by atoms with van der Waals surface area (Å²) in [6.07, 6.45) is 5.52. The highest BCUT2D eigenvalue weighted by Gasteiger charge is 2.63. The Morgan fingerprint density at radius 3 is 2.92 bits per heavy atom. The van der Waals surface area contributed by atoms with E-state index < -0.39 is 10.0 Å². The van der Waals surface area contributed by atoms with Gasteiger partial charge in [0.05, 0.1) is 22.0 Å². The third kappa shape index (κ3) is 2.67. The number of hydrogen-bond donors (Lipinski definition) is 1. The molecule has 8 heteroatoms. The van der Waals surface area contributed by atoms with E-state index in [0.717, 1.165) is 44.6 Å². The van der Waals surface area contributed by atoms with Crippen LogP contribution in [0.3, 0.4) is 0 Å². The highest BCUT2D eigenvalue weighted by molar-refractivity contribution is 7.90. The van der Waals surface area contributed by atoms with Crippen molar-refractivity contribution < 1.29 is 13.2 Å². The van der Waals surface area contributed by atoms with Gasteiger partial charge in [-0.2, -0.15) is 0 Å². The van der Waals surface area contributed by atoms with E-state index in [1.54, 1.807) is 6.20 Å². The first-order chi connectivity index (χ1) is 12.0. The maximum absolute atomic E-state index is 12.2. The van der Waals surface area contributed by atoms with Gasteiger partial charge in [0, 0.05) is 37.7 Å². The van der Waals surface area contributed by atoms with Gasteiger partial charge < -0.3 is 9.64 Å². The quantitative estimate of drug-likeness (QED) is 0.839. The molecule has 0 aromatic carbocycles. The number of pyridine rings is 1. The SMILES string of the molecule is O=S(=O)(NC[C@H]1[C@H]2CN(c3ccc(Cl)cn3)C[C@]23CC[C@H]1O3)C1CC1. The molecule has 5 rings (SSSR count). The number of sulfonamides is 1. The van der Waals surface area contributed by atoms with Gasteiger partial charge in [-0.05, 0) is 37.8 Å². The van der Waals surface area contributed by atoms with Crippen LogP contribution in [0.15, 0.2) is 18.3 Å². The Morgan fingerprint density at radius 1 is 1.36 bits per heavy atom. The van der Waals surface area contributed by atoms with Crippen LogP contribution >= 0.6 is 11.6 Å². The maximum atomic E-state index is 12.2. The number of nitrogens with zero attached hydrogens (tertiary/aromatic N) is 2. The second-order valence-electron chi connectivity index (χ2n) is 7.84. The molecule has 25 heavy (non-hydrogen) atoms. The van der Waals surface area contributed by atoms with Crippen LogP contribution in [0.4, 0.5) is 5.82 Å². The van der Waals surface area contributed by atoms with Crippen LogP contribution in [0.1, 0.15) is 25.7 Å². The molecular formula is C17H22ClN3O3S. The zero-order valence-corrected chi connectivity index (χ0v) is 15.5. The fraction of sp³-hybridized carbons (Fsp3) is 0.706. The Morgan fingerprint density at radius 2 is 2.20 bits per heavy atom. The first kappa shape index (κ1) is 16.3. The van der Waals surface area contributed by atoms with E-state index in [0.29, 0.717) is 17.5 Å². The summed E-state index contributed by atoms with van der Waals surface area (Å²) >= 11 is 5.94. The molecule has 3 aliphatic heterocycles. The molecule has 0 unspecified atom stereocenters. The van der Waals surface area contributed by atoms with Crippen molar-refractivity contribution >= 4 is 27.4 Å². The lowest BCUT2D eigenvalue weighted by atomic mass is 9.74. The van der Waals surface area contributed by atoms with E-state index in [4.69, 9.17) is 16.3 Å². The van der Waals surface area contributed by atoms with Crippen molar-refractivity contribution in [2.75, 3.05) is 24.5 Å². The molecule has 2 bridgehead atoms. The molecule has 1 N–H and O–H groups in total. The standard InChI is InChI=1S/C17H22ClN3O3S/c18-11-1-4-16(19-7-11)21-9-14-13(8-20-25(22,23)12-2-3-12)15-5-6-17(14,10-21)24-15/h1,4,7,12-15,20H,2-3,5-6,8-10H2/t13-,14+,15+,17+/m0/s1. The van der Waals surface area contributed by atoms with Gasteiger partial charge in [-0.25, -0.2) is 18.1 Å². The number of halogens is 1. The molecule has 1 aliphatic carbocycles. The number of rotatable bonds is 5. The average Bonchev–Trinajstić information content (AvgIpc) is 3.20. The topological polar surface area (TPSA) is 71.5 Å². The lowest BCUT2D eigenvalue weighted by molar-refractivity contribution is 0.0142. The lowest BCUT2D eigenvalue weighted by Crippen LogP contribution is -2.42. The molecule has 1 aromatic heterocycles. The second-order valence-corrected chi connectivity index (χ2v) is 10.3. The Kier molecular flexibility index (Phi) is 3.62. The lowest BCUT2D eigenvalue weighted by Gasteiger charge is -2.29. The zero-order valence-electron chi connectivity index (χ0n) is 13.9. The van der Waals surface area contributed by atoms with Crippen molar-refractivity contribution in [3.8, 4) is 0 Å². The van der Waals surface area contributed by atoms with Gasteiger partial charge in [0.1, 0.15) is 5.82 Å². The number of aromatic nitrogens is 1. The van der Waals surface area contributed by atoms with Crippen LogP contribution in [0.25, 0.3) is 0 Å². The fourth-order valence-electron chi connectivity index (χ4n) is 4.90. The van der Waals surface area contributed by atoms with Gasteiger partial charge in [0.25, 0.3) is 0 Å². The third-order valence-corrected chi connectivity index (χ3v) is 8.44. The van der Waals surface area contributed by atoms with Crippen LogP contribution in [0.2, 0.25) is 5.02 Å². The van der Waals surface area contributed by atoms with E-state index in [2.05, 4.69) is 14.6 Å². The summed E-state index contributed by atoms with van der Waals surface area (Å²) in [5, 5.41) is 0.463. The largest absolute Gasteiger partial charge is 0.369 e. The van der Waals surface area contributed by atoms with E-state index in [1.807, 2.05) is 12.1 Å². The minimum atomic E-state index is -3.14. The normalized spacial score (nSPS) is 36.8. The minimum absolute atomic E-state index is 0.137. The summed E-state index contributed by atoms with van der Waals surface area (Å²) < 4.78 is 33.6. The third-order valence-electron chi connectivity index (χ3n) is 6.30. The van der Waals surface area contributed by atoms with Crippen molar-refractivity contribution in [1.29, 1.82) is 0 Å². The van der Waals surface area contributed by atoms with Crippen LogP contribution in [-0.2, 0) is 14.8 Å². The summed E-state index contributed by atoms with van der Waals surface area (Å²) in [5.41, 5.74) is -0.137. The molecular weight excluding hydrogens is 362 g/mol. The molecule has 0 amide bonds. The first-order valence-corrected chi connectivity index (χ1v) is 10.9. The van der Waals surface area contributed by atoms with Gasteiger partial charge in [0.15, 0.2) is 0 Å². The summed E-state index contributed by atoms with van der Waals surface area (Å²) in [4.78, 5) is 6.69. The van der Waals surface area contributed by atoms with Crippen molar-refractivity contribution in [3.05, 3.63) is 23.4 Å². The smallest absolute Gasteiger partial charge is 0.214 e. The Bertz CT molecular complexity index is 783. The van der Waals surface area contributed by atoms with E-state index in [9.17, 15) is 8.42 Å². The van der Waals surface area contributed by atoms with Crippen LogP contribution < -0.4 is 9.62 Å². The van der Waals surface area contributed by atoms with E-state index >= 15 is 0 Å². The molecule has 1 spiro atoms. The second kappa shape index (κ2) is 5.55. The van der Waals surface area contributed by atoms with Crippen molar-refractivity contribution in [3.63, 3.8) is 0 Å². The number of hydrogen-bond acceptors (Lipinski definition) is 5. The monoisotopic (exact) mass is 383 g/mol. The molecule has 4 fully saturated rings. The molecule has 3 saturated heterocycles. The van der Waals surface area contributed by atoms with Crippen LogP contribution in [-0.4, -0.2) is 50.0 Å². The predicted octanol–water partition coefficient (Wildman–Crippen LogP) is 1.80. The van der Waals surface area contributed by atoms with Gasteiger partial charge in [0.2, 0.25) is 10.0 Å². The molecule has 0 radical (unpaired) electrons. The Labute approximate surface area is 152 Å². The van der Waals surface area contributed by atoms with Crippen molar-refractivity contribution in [1.82, 2.24) is 9.71 Å². The minimum Gasteiger partial charge on any atom is -0.369 e. The average molecular weight is 384 g/mol. The molecule has 4 aliphatic rings. The molecule has 4 atom stereocenters. The zero-order chi connectivity index (χ0) is 17.2. The maximum Gasteiger partial charge on any atom is 0.214 e. The van der Waals surface area contributed by atoms with Gasteiger partial charge in [-0.1, -0.05) is 11.6 Å². The number of fused-ring (bicyclic) bond motifs is 1. The first-order valence-electron chi connectivity index (χ1n) is 9.00. The van der Waals surface area contributed by atoms with Crippen LogP contribution in [0.5, 0.6) is 0 Å². The van der Waals surface area contributed by atoms with Gasteiger partial charge in [-0.3, -0.25) is 0 Å². The molecule has 4 heterocycles. The van der Waals surface area contributed by atoms with E-state index in [1.165, 1.54) is 0 Å². The highest BCUT2D eigenvalue weighted by atomic mass is 35.5. The van der Waals surface area contributed by atoms with Gasteiger partial charge in [-0.15, -0.1) is 0 Å². The van der Waals surface area contributed by atoms with Crippen LogP contribution in [0, 0.1) is 11.8 Å². The Hall–Kier alpha value is -0.890. The summed E-state index contributed by atoms with van der Waals surface area (Å²) in [6, 6.07) is 3.80. The van der Waals surface area contributed by atoms with Gasteiger partial charge >= 0.3 is 0 Å². The number of ether oxygens (including phenoxy) is 1. The number of anilines is 1. The molecule has 1 aromatic rings. The van der Waals surface area contributed by atoms with E-state index in [-0.39, 0.29) is 22.9 Å². The molecule has 136 valence electrons. The number of nitrogens with one attached hydrogen (secondary N) is 1. The molecule has 6 nitrogen and oxygen atoms in total. The summed E-state index contributed by atoms with van der Waals surface area (Å²) in [7, 11) is -3.14. The van der Waals surface area contributed by atoms with Crippen molar-refractivity contribution in [2.24, 2.45) is 11.8 Å². The summed E-state index contributed by atoms with van der Waals surface area (Å²) in [6.45, 7) is 2.19. The van der Waals surface area contributed by atoms with Crippen molar-refractivity contribution in [2.45, 2.75) is 42.6 Å². The molecule has 1 saturated carbocycles. The Balaban J connectivity index is 1.33. The predicted molar refractivity (Wildman–Crippen MR) is 95.2 cm³/mol. The summed E-state index contributed by atoms with van der Waals surface area (Å²) in [5.74, 6) is 1.52.